The first-order valence-corrected chi connectivity index (χ1v) is 12.6. The Morgan fingerprint density at radius 1 is 0.789 bits per heavy atom. The molecule has 1 saturated heterocycles. The summed E-state index contributed by atoms with van der Waals surface area (Å²) in [7, 11) is 0. The molecule has 2 fully saturated rings. The van der Waals surface area contributed by atoms with Crippen LogP contribution in [0.5, 0.6) is 0 Å². The Labute approximate surface area is 218 Å². The zero-order valence-corrected chi connectivity index (χ0v) is 20.7. The minimum absolute atomic E-state index is 0.0785. The van der Waals surface area contributed by atoms with E-state index in [1.54, 1.807) is 12.1 Å². The smallest absolute Gasteiger partial charge is 0.349 e. The summed E-state index contributed by atoms with van der Waals surface area (Å²) in [6.07, 6.45) is -0.500. The number of benzene rings is 2. The van der Waals surface area contributed by atoms with Gasteiger partial charge >= 0.3 is 6.18 Å². The van der Waals surface area contributed by atoms with E-state index in [1.807, 2.05) is 0 Å². The van der Waals surface area contributed by atoms with Crippen LogP contribution in [0.2, 0.25) is 0 Å². The molecule has 0 atom stereocenters. The van der Waals surface area contributed by atoms with Gasteiger partial charge in [0.2, 0.25) is 5.91 Å². The highest BCUT2D eigenvalue weighted by Crippen LogP contribution is 2.32. The fourth-order valence-corrected chi connectivity index (χ4v) is 4.73. The number of hydrogen-bond donors (Lipinski definition) is 2. The first kappa shape index (κ1) is 27.2. The van der Waals surface area contributed by atoms with E-state index in [4.69, 9.17) is 0 Å². The standard InChI is InChI=1S/C27H29F3N4O4/c28-27(29,30)22-8-4-3-7-21(22)26(38)34-15-13-33(14-16-34)23(35)17-31-24(36)18-9-11-19(12-10-18)25(37)32-20-5-1-2-6-20/h3-4,7-12,20H,1-2,5-6,13-17H2,(H,31,36)(H,32,37). The van der Waals surface area contributed by atoms with Gasteiger partial charge in [-0.15, -0.1) is 0 Å². The Balaban J connectivity index is 1.24. The molecule has 4 amide bonds. The van der Waals surface area contributed by atoms with Gasteiger partial charge in [0.1, 0.15) is 0 Å². The van der Waals surface area contributed by atoms with Crippen molar-refractivity contribution in [2.75, 3.05) is 32.7 Å². The first-order chi connectivity index (χ1) is 18.1. The number of rotatable bonds is 6. The second-order valence-corrected chi connectivity index (χ2v) is 9.43. The number of alkyl halides is 3. The Morgan fingerprint density at radius 3 is 1.95 bits per heavy atom. The highest BCUT2D eigenvalue weighted by molar-refractivity contribution is 5.99. The van der Waals surface area contributed by atoms with Crippen molar-refractivity contribution < 1.29 is 32.3 Å². The van der Waals surface area contributed by atoms with Crippen molar-refractivity contribution in [1.82, 2.24) is 20.4 Å². The van der Waals surface area contributed by atoms with Crippen LogP contribution >= 0.6 is 0 Å². The molecule has 1 aliphatic heterocycles. The van der Waals surface area contributed by atoms with Gasteiger partial charge in [-0.2, -0.15) is 13.2 Å². The van der Waals surface area contributed by atoms with Crippen LogP contribution in [0.3, 0.4) is 0 Å². The van der Waals surface area contributed by atoms with Crippen LogP contribution in [0.4, 0.5) is 13.2 Å². The summed E-state index contributed by atoms with van der Waals surface area (Å²) in [5, 5.41) is 5.54. The maximum absolute atomic E-state index is 13.3. The molecule has 11 heteroatoms. The summed E-state index contributed by atoms with van der Waals surface area (Å²) in [5.41, 5.74) is -0.661. The molecular weight excluding hydrogens is 501 g/mol. The molecule has 2 N–H and O–H groups in total. The largest absolute Gasteiger partial charge is 0.417 e. The number of carbonyl (C=O) groups excluding carboxylic acids is 4. The molecule has 38 heavy (non-hydrogen) atoms. The summed E-state index contributed by atoms with van der Waals surface area (Å²) < 4.78 is 39.8. The van der Waals surface area contributed by atoms with E-state index >= 15 is 0 Å². The van der Waals surface area contributed by atoms with Gasteiger partial charge in [0.25, 0.3) is 17.7 Å². The van der Waals surface area contributed by atoms with Crippen LogP contribution in [-0.4, -0.2) is 72.2 Å². The van der Waals surface area contributed by atoms with Crippen LogP contribution in [-0.2, 0) is 11.0 Å². The second kappa shape index (κ2) is 11.7. The van der Waals surface area contributed by atoms with Gasteiger partial charge in [-0.3, -0.25) is 19.2 Å². The quantitative estimate of drug-likeness (QED) is 0.600. The first-order valence-electron chi connectivity index (χ1n) is 12.6. The fourth-order valence-electron chi connectivity index (χ4n) is 4.73. The van der Waals surface area contributed by atoms with Crippen molar-refractivity contribution in [1.29, 1.82) is 0 Å². The maximum Gasteiger partial charge on any atom is 0.417 e. The third-order valence-electron chi connectivity index (χ3n) is 6.88. The molecule has 202 valence electrons. The van der Waals surface area contributed by atoms with Gasteiger partial charge in [-0.05, 0) is 49.2 Å². The molecule has 2 aromatic rings. The third-order valence-corrected chi connectivity index (χ3v) is 6.88. The van der Waals surface area contributed by atoms with E-state index in [0.717, 1.165) is 37.8 Å². The number of nitrogens with zero attached hydrogens (tertiary/aromatic N) is 2. The lowest BCUT2D eigenvalue weighted by Gasteiger charge is -2.35. The molecule has 0 unspecified atom stereocenters. The van der Waals surface area contributed by atoms with Crippen LogP contribution in [0, 0.1) is 0 Å². The van der Waals surface area contributed by atoms with Crippen molar-refractivity contribution in [3.05, 3.63) is 70.8 Å². The molecule has 1 aliphatic carbocycles. The summed E-state index contributed by atoms with van der Waals surface area (Å²) >= 11 is 0. The summed E-state index contributed by atoms with van der Waals surface area (Å²) in [6.45, 7) is 0.163. The molecular formula is C27H29F3N4O4. The minimum Gasteiger partial charge on any atom is -0.349 e. The monoisotopic (exact) mass is 530 g/mol. The molecule has 0 aromatic heterocycles. The molecule has 0 bridgehead atoms. The highest BCUT2D eigenvalue weighted by atomic mass is 19.4. The van der Waals surface area contributed by atoms with Crippen LogP contribution < -0.4 is 10.6 Å². The van der Waals surface area contributed by atoms with Crippen molar-refractivity contribution in [2.45, 2.75) is 37.9 Å². The molecule has 1 saturated carbocycles. The highest BCUT2D eigenvalue weighted by Gasteiger charge is 2.36. The van der Waals surface area contributed by atoms with E-state index in [1.165, 1.54) is 34.1 Å². The van der Waals surface area contributed by atoms with Gasteiger partial charge in [-0.25, -0.2) is 0 Å². The van der Waals surface area contributed by atoms with Crippen LogP contribution in [0.15, 0.2) is 48.5 Å². The zero-order chi connectivity index (χ0) is 27.3. The predicted molar refractivity (Wildman–Crippen MR) is 132 cm³/mol. The third kappa shape index (κ3) is 6.51. The van der Waals surface area contributed by atoms with Crippen molar-refractivity contribution in [3.63, 3.8) is 0 Å². The lowest BCUT2D eigenvalue weighted by atomic mass is 10.1. The normalized spacial score (nSPS) is 16.3. The van der Waals surface area contributed by atoms with E-state index in [2.05, 4.69) is 10.6 Å². The van der Waals surface area contributed by atoms with E-state index < -0.39 is 29.1 Å². The average molecular weight is 531 g/mol. The van der Waals surface area contributed by atoms with Crippen LogP contribution in [0.25, 0.3) is 0 Å². The average Bonchev–Trinajstić information content (AvgIpc) is 3.44. The van der Waals surface area contributed by atoms with E-state index in [9.17, 15) is 32.3 Å². The second-order valence-electron chi connectivity index (χ2n) is 9.43. The Kier molecular flexibility index (Phi) is 8.33. The Morgan fingerprint density at radius 2 is 1.34 bits per heavy atom. The molecule has 2 aromatic carbocycles. The van der Waals surface area contributed by atoms with Crippen LogP contribution in [0.1, 0.15) is 62.3 Å². The van der Waals surface area contributed by atoms with Crippen molar-refractivity contribution in [2.24, 2.45) is 0 Å². The van der Waals surface area contributed by atoms with Gasteiger partial charge in [0.15, 0.2) is 0 Å². The zero-order valence-electron chi connectivity index (χ0n) is 20.7. The summed E-state index contributed by atoms with van der Waals surface area (Å²) in [4.78, 5) is 52.8. The number of nitrogens with one attached hydrogen (secondary N) is 2. The summed E-state index contributed by atoms with van der Waals surface area (Å²) in [5.74, 6) is -1.76. The maximum atomic E-state index is 13.3. The lowest BCUT2D eigenvalue weighted by Crippen LogP contribution is -2.52. The molecule has 0 radical (unpaired) electrons. The van der Waals surface area contributed by atoms with Gasteiger partial charge in [-0.1, -0.05) is 25.0 Å². The number of halogens is 3. The topological polar surface area (TPSA) is 98.8 Å². The van der Waals surface area contributed by atoms with E-state index in [-0.39, 0.29) is 50.6 Å². The number of amides is 4. The molecule has 1 heterocycles. The fraction of sp³-hybridized carbons (Fsp3) is 0.407. The molecule has 4 rings (SSSR count). The Hall–Kier alpha value is -3.89. The van der Waals surface area contributed by atoms with Crippen molar-refractivity contribution >= 4 is 23.6 Å². The molecule has 0 spiro atoms. The molecule has 2 aliphatic rings. The van der Waals surface area contributed by atoms with Gasteiger partial charge in [0.05, 0.1) is 17.7 Å². The molecule has 8 nitrogen and oxygen atoms in total. The number of hydrogen-bond acceptors (Lipinski definition) is 4. The number of carbonyl (C=O) groups is 4. The Bertz CT molecular complexity index is 1190. The lowest BCUT2D eigenvalue weighted by molar-refractivity contribution is -0.138. The van der Waals surface area contributed by atoms with Crippen molar-refractivity contribution in [3.8, 4) is 0 Å². The summed E-state index contributed by atoms with van der Waals surface area (Å²) in [6, 6.07) is 11.0. The SMILES string of the molecule is O=C(NCC(=O)N1CCN(C(=O)c2ccccc2C(F)(F)F)CC1)c1ccc(C(=O)NC2CCCC2)cc1. The minimum atomic E-state index is -4.65. The van der Waals surface area contributed by atoms with Gasteiger partial charge < -0.3 is 20.4 Å². The predicted octanol–water partition coefficient (Wildman–Crippen LogP) is 3.09. The number of piperazine rings is 1. The van der Waals surface area contributed by atoms with Gasteiger partial charge in [0, 0.05) is 43.3 Å². The van der Waals surface area contributed by atoms with E-state index in [0.29, 0.717) is 11.1 Å².